The van der Waals surface area contributed by atoms with Crippen molar-refractivity contribution in [2.75, 3.05) is 20.1 Å². The summed E-state index contributed by atoms with van der Waals surface area (Å²) < 4.78 is 0. The number of hydrogen-bond acceptors (Lipinski definition) is 3. The predicted molar refractivity (Wildman–Crippen MR) is 90.0 cm³/mol. The number of amides is 1. The van der Waals surface area contributed by atoms with Crippen molar-refractivity contribution < 1.29 is 4.79 Å². The molecular weight excluding hydrogens is 309 g/mol. The molecule has 1 aromatic heterocycles. The van der Waals surface area contributed by atoms with Gasteiger partial charge in [0.15, 0.2) is 0 Å². The molecule has 0 spiro atoms. The minimum atomic E-state index is 0. The van der Waals surface area contributed by atoms with Crippen molar-refractivity contribution in [3.05, 3.63) is 30.1 Å². The molecule has 0 aliphatic heterocycles. The van der Waals surface area contributed by atoms with E-state index in [4.69, 9.17) is 5.73 Å². The number of hydrogen-bond donors (Lipinski definition) is 1. The summed E-state index contributed by atoms with van der Waals surface area (Å²) in [6.07, 6.45) is 7.70. The van der Waals surface area contributed by atoms with E-state index in [0.29, 0.717) is 12.5 Å². The van der Waals surface area contributed by atoms with Gasteiger partial charge in [0.25, 0.3) is 0 Å². The predicted octanol–water partition coefficient (Wildman–Crippen LogP) is 2.30. The molecular formula is C15H25Cl2N3O. The van der Waals surface area contributed by atoms with E-state index in [1.54, 1.807) is 12.4 Å². The van der Waals surface area contributed by atoms with Gasteiger partial charge in [-0.2, -0.15) is 0 Å². The van der Waals surface area contributed by atoms with E-state index in [1.807, 2.05) is 24.1 Å². The number of aromatic nitrogens is 1. The lowest BCUT2D eigenvalue weighted by molar-refractivity contribution is -0.135. The molecule has 4 nitrogen and oxygen atoms in total. The fraction of sp³-hybridized carbons (Fsp3) is 0.600. The number of likely N-dealkylation sites (N-methyl/N-ethyl adjacent to an activating group) is 1. The first-order chi connectivity index (χ1) is 9.22. The van der Waals surface area contributed by atoms with Crippen LogP contribution in [0.3, 0.4) is 0 Å². The van der Waals surface area contributed by atoms with Crippen LogP contribution in [0.5, 0.6) is 0 Å². The second kappa shape index (κ2) is 9.98. The van der Waals surface area contributed by atoms with Crippen LogP contribution in [0.25, 0.3) is 0 Å². The number of nitrogens with two attached hydrogens (primary N) is 1. The number of carbonyl (C=O) groups is 1. The van der Waals surface area contributed by atoms with Crippen molar-refractivity contribution in [3.63, 3.8) is 0 Å². The van der Waals surface area contributed by atoms with E-state index in [9.17, 15) is 4.79 Å². The third-order valence-corrected chi connectivity index (χ3v) is 4.14. The monoisotopic (exact) mass is 333 g/mol. The Balaban J connectivity index is 0.00000200. The van der Waals surface area contributed by atoms with Crippen LogP contribution in [-0.4, -0.2) is 35.9 Å². The second-order valence-electron chi connectivity index (χ2n) is 5.40. The van der Waals surface area contributed by atoms with E-state index in [0.717, 1.165) is 32.2 Å². The lowest BCUT2D eigenvalue weighted by atomic mass is 9.95. The molecule has 0 saturated heterocycles. The first-order valence-electron chi connectivity index (χ1n) is 7.06. The zero-order valence-corrected chi connectivity index (χ0v) is 14.0. The minimum absolute atomic E-state index is 0. The number of halogens is 2. The maximum absolute atomic E-state index is 12.4. The molecule has 1 aromatic rings. The molecule has 0 bridgehead atoms. The molecule has 2 N–H and O–H groups in total. The van der Waals surface area contributed by atoms with Gasteiger partial charge in [0.05, 0.1) is 0 Å². The van der Waals surface area contributed by atoms with Crippen LogP contribution in [-0.2, 0) is 11.2 Å². The summed E-state index contributed by atoms with van der Waals surface area (Å²) in [7, 11) is 1.90. The normalized spacial score (nSPS) is 20.3. The number of rotatable bonds is 5. The quantitative estimate of drug-likeness (QED) is 0.899. The highest BCUT2D eigenvalue weighted by Gasteiger charge is 2.33. The topological polar surface area (TPSA) is 59.2 Å². The Morgan fingerprint density at radius 2 is 2.00 bits per heavy atom. The Hall–Kier alpha value is -0.840. The van der Waals surface area contributed by atoms with E-state index >= 15 is 0 Å². The Labute approximate surface area is 139 Å². The summed E-state index contributed by atoms with van der Waals surface area (Å²) >= 11 is 0. The van der Waals surface area contributed by atoms with Gasteiger partial charge in [-0.15, -0.1) is 24.8 Å². The second-order valence-corrected chi connectivity index (χ2v) is 5.40. The zero-order chi connectivity index (χ0) is 13.7. The largest absolute Gasteiger partial charge is 0.345 e. The molecule has 120 valence electrons. The molecule has 1 fully saturated rings. The van der Waals surface area contributed by atoms with Crippen LogP contribution in [0.15, 0.2) is 24.5 Å². The van der Waals surface area contributed by atoms with Gasteiger partial charge in [-0.3, -0.25) is 9.78 Å². The standard InChI is InChI=1S/C15H23N3O.2ClH/c1-18(10-7-12-5-8-17-9-6-12)15(19)14-4-2-3-13(14)11-16;;/h5-6,8-9,13-14H,2-4,7,10-11,16H2,1H3;2*1H/t13-,14-;;/m1../s1. The van der Waals surface area contributed by atoms with Crippen LogP contribution < -0.4 is 5.73 Å². The van der Waals surface area contributed by atoms with E-state index in [2.05, 4.69) is 4.98 Å². The lowest BCUT2D eigenvalue weighted by Gasteiger charge is -2.24. The average Bonchev–Trinajstić information content (AvgIpc) is 2.93. The number of carbonyl (C=O) groups excluding carboxylic acids is 1. The fourth-order valence-corrected chi connectivity index (χ4v) is 2.88. The van der Waals surface area contributed by atoms with Crippen molar-refractivity contribution in [1.82, 2.24) is 9.88 Å². The first kappa shape index (κ1) is 20.2. The maximum Gasteiger partial charge on any atom is 0.225 e. The molecule has 21 heavy (non-hydrogen) atoms. The highest BCUT2D eigenvalue weighted by atomic mass is 35.5. The van der Waals surface area contributed by atoms with Gasteiger partial charge in [-0.05, 0) is 49.4 Å². The van der Waals surface area contributed by atoms with Crippen molar-refractivity contribution in [1.29, 1.82) is 0 Å². The van der Waals surface area contributed by atoms with Crippen molar-refractivity contribution in [2.45, 2.75) is 25.7 Å². The summed E-state index contributed by atoms with van der Waals surface area (Å²) in [6, 6.07) is 3.99. The van der Waals surface area contributed by atoms with Crippen molar-refractivity contribution in [2.24, 2.45) is 17.6 Å². The molecule has 1 saturated carbocycles. The number of pyridine rings is 1. The van der Waals surface area contributed by atoms with E-state index in [1.165, 1.54) is 5.56 Å². The summed E-state index contributed by atoms with van der Waals surface area (Å²) in [5.74, 6) is 0.797. The van der Waals surface area contributed by atoms with Gasteiger partial charge in [0, 0.05) is 31.9 Å². The van der Waals surface area contributed by atoms with Crippen LogP contribution >= 0.6 is 24.8 Å². The number of nitrogens with zero attached hydrogens (tertiary/aromatic N) is 2. The van der Waals surface area contributed by atoms with Crippen molar-refractivity contribution in [3.8, 4) is 0 Å². The van der Waals surface area contributed by atoms with E-state index in [-0.39, 0.29) is 36.6 Å². The van der Waals surface area contributed by atoms with E-state index < -0.39 is 0 Å². The summed E-state index contributed by atoms with van der Waals surface area (Å²) in [5.41, 5.74) is 6.97. The molecule has 1 amide bonds. The molecule has 2 rings (SSSR count). The summed E-state index contributed by atoms with van der Waals surface area (Å²) in [6.45, 7) is 1.39. The smallest absolute Gasteiger partial charge is 0.225 e. The highest BCUT2D eigenvalue weighted by Crippen LogP contribution is 2.32. The van der Waals surface area contributed by atoms with Crippen LogP contribution in [0.2, 0.25) is 0 Å². The lowest BCUT2D eigenvalue weighted by Crippen LogP contribution is -2.37. The van der Waals surface area contributed by atoms with Gasteiger partial charge < -0.3 is 10.6 Å². The van der Waals surface area contributed by atoms with Gasteiger partial charge in [0.2, 0.25) is 5.91 Å². The van der Waals surface area contributed by atoms with Gasteiger partial charge >= 0.3 is 0 Å². The van der Waals surface area contributed by atoms with Crippen LogP contribution in [0.1, 0.15) is 24.8 Å². The van der Waals surface area contributed by atoms with Gasteiger partial charge in [-0.1, -0.05) is 6.42 Å². The van der Waals surface area contributed by atoms with Crippen LogP contribution in [0.4, 0.5) is 0 Å². The molecule has 1 heterocycles. The Morgan fingerprint density at radius 1 is 1.33 bits per heavy atom. The zero-order valence-electron chi connectivity index (χ0n) is 12.4. The summed E-state index contributed by atoms with van der Waals surface area (Å²) in [5, 5.41) is 0. The average molecular weight is 334 g/mol. The minimum Gasteiger partial charge on any atom is -0.345 e. The summed E-state index contributed by atoms with van der Waals surface area (Å²) in [4.78, 5) is 18.3. The van der Waals surface area contributed by atoms with Gasteiger partial charge in [-0.25, -0.2) is 0 Å². The molecule has 0 unspecified atom stereocenters. The van der Waals surface area contributed by atoms with Gasteiger partial charge in [0.1, 0.15) is 0 Å². The Bertz CT molecular complexity index is 417. The van der Waals surface area contributed by atoms with Crippen molar-refractivity contribution >= 4 is 30.7 Å². The Morgan fingerprint density at radius 3 is 2.62 bits per heavy atom. The highest BCUT2D eigenvalue weighted by molar-refractivity contribution is 5.85. The Kier molecular flexibility index (Phi) is 9.58. The molecule has 0 aromatic carbocycles. The molecule has 1 aliphatic carbocycles. The van der Waals surface area contributed by atoms with Crippen LogP contribution in [0, 0.1) is 11.8 Å². The molecule has 6 heteroatoms. The fourth-order valence-electron chi connectivity index (χ4n) is 2.88. The molecule has 1 aliphatic rings. The first-order valence-corrected chi connectivity index (χ1v) is 7.06. The SMILES string of the molecule is CN(CCc1ccncc1)C(=O)[C@@H]1CCC[C@@H]1CN.Cl.Cl. The third kappa shape index (κ3) is 5.46. The maximum atomic E-state index is 12.4. The molecule has 2 atom stereocenters. The third-order valence-electron chi connectivity index (χ3n) is 4.14. The molecule has 0 radical (unpaired) electrons.